The monoisotopic (exact) mass is 451 g/mol. The van der Waals surface area contributed by atoms with Crippen molar-refractivity contribution in [1.29, 1.82) is 0 Å². The van der Waals surface area contributed by atoms with Crippen molar-refractivity contribution in [2.45, 2.75) is 63.3 Å². The fourth-order valence-electron chi connectivity index (χ4n) is 4.18. The van der Waals surface area contributed by atoms with E-state index in [4.69, 9.17) is 9.47 Å². The lowest BCUT2D eigenvalue weighted by molar-refractivity contribution is -0.189. The van der Waals surface area contributed by atoms with Crippen LogP contribution >= 0.6 is 0 Å². The van der Waals surface area contributed by atoms with Crippen LogP contribution in [0.3, 0.4) is 0 Å². The second-order valence-electron chi connectivity index (χ2n) is 8.41. The summed E-state index contributed by atoms with van der Waals surface area (Å²) in [5.74, 6) is -0.0400. The minimum absolute atomic E-state index is 0.0569. The number of carbonyl (C=O) groups excluding carboxylic acids is 1. The van der Waals surface area contributed by atoms with Gasteiger partial charge in [0.15, 0.2) is 6.10 Å². The van der Waals surface area contributed by atoms with E-state index in [9.17, 15) is 31.9 Å². The predicted molar refractivity (Wildman–Crippen MR) is 102 cm³/mol. The van der Waals surface area contributed by atoms with Crippen molar-refractivity contribution in [1.82, 2.24) is 0 Å². The maximum atomic E-state index is 13.1. The Balaban J connectivity index is 1.59. The molecule has 1 saturated carbocycles. The van der Waals surface area contributed by atoms with Gasteiger partial charge in [0.2, 0.25) is 5.91 Å². The van der Waals surface area contributed by atoms with Crippen molar-refractivity contribution < 1.29 is 41.3 Å². The van der Waals surface area contributed by atoms with Crippen LogP contribution in [0, 0.1) is 5.41 Å². The maximum Gasteiger partial charge on any atom is 0.425 e. The fraction of sp³-hybridized carbons (Fsp3) is 0.667. The molecule has 1 aromatic rings. The van der Waals surface area contributed by atoms with Crippen molar-refractivity contribution in [2.24, 2.45) is 5.41 Å². The van der Waals surface area contributed by atoms with Crippen molar-refractivity contribution in [2.75, 3.05) is 24.7 Å². The van der Waals surface area contributed by atoms with Gasteiger partial charge in [0.05, 0.1) is 17.6 Å². The molecule has 1 heterocycles. The number of ether oxygens (including phenoxy) is 2. The van der Waals surface area contributed by atoms with E-state index in [1.165, 1.54) is 12.1 Å². The summed E-state index contributed by atoms with van der Waals surface area (Å²) in [6, 6.07) is 5.89. The summed E-state index contributed by atoms with van der Waals surface area (Å²) in [7, 11) is 0. The van der Waals surface area contributed by atoms with Crippen LogP contribution in [0.25, 0.3) is 0 Å². The van der Waals surface area contributed by atoms with E-state index in [-0.39, 0.29) is 31.1 Å². The number of benzene rings is 1. The molecule has 2 aliphatic rings. The molecule has 5 nitrogen and oxygen atoms in total. The molecule has 2 fully saturated rings. The molecule has 174 valence electrons. The average molecular weight is 451 g/mol. The molecule has 1 amide bonds. The van der Waals surface area contributed by atoms with Crippen LogP contribution in [0.15, 0.2) is 24.3 Å². The van der Waals surface area contributed by atoms with E-state index in [1.54, 1.807) is 17.0 Å². The number of amides is 1. The first kappa shape index (κ1) is 23.7. The van der Waals surface area contributed by atoms with Gasteiger partial charge in [-0.3, -0.25) is 4.79 Å². The topological polar surface area (TPSA) is 59.0 Å². The average Bonchev–Trinajstić information content (AvgIpc) is 3.01. The minimum Gasteiger partial charge on any atom is -0.481 e. The third-order valence-electron chi connectivity index (χ3n) is 6.19. The summed E-state index contributed by atoms with van der Waals surface area (Å²) in [5.41, 5.74) is -1.29. The number of anilines is 1. The van der Waals surface area contributed by atoms with E-state index in [0.717, 1.165) is 6.92 Å². The molecule has 0 aromatic heterocycles. The van der Waals surface area contributed by atoms with Gasteiger partial charge in [-0.2, -0.15) is 13.2 Å². The Hall–Kier alpha value is -1.94. The van der Waals surface area contributed by atoms with Crippen LogP contribution < -0.4 is 9.64 Å². The fourth-order valence-corrected chi connectivity index (χ4v) is 4.18. The van der Waals surface area contributed by atoms with Gasteiger partial charge in [-0.1, -0.05) is 0 Å². The number of alkyl halides is 5. The van der Waals surface area contributed by atoms with Gasteiger partial charge in [0, 0.05) is 12.2 Å². The van der Waals surface area contributed by atoms with Gasteiger partial charge in [-0.25, -0.2) is 8.78 Å². The van der Waals surface area contributed by atoms with Crippen LogP contribution in [0.5, 0.6) is 5.75 Å². The van der Waals surface area contributed by atoms with Gasteiger partial charge in [-0.05, 0) is 63.3 Å². The number of nitrogens with zero attached hydrogens (tertiary/aromatic N) is 1. The summed E-state index contributed by atoms with van der Waals surface area (Å²) in [4.78, 5) is 14.7. The Labute approximate surface area is 177 Å². The molecule has 3 rings (SSSR count). The SMILES string of the molecule is C[C@@H](Oc1ccc(N2CC[C@]3(CC[C@@](O)(COCC(F)F)CC3)C2=O)cc1)C(F)(F)F. The van der Waals surface area contributed by atoms with Crippen LogP contribution in [0.4, 0.5) is 27.6 Å². The minimum atomic E-state index is -4.47. The Bertz CT molecular complexity index is 760. The van der Waals surface area contributed by atoms with Crippen LogP contribution in [-0.2, 0) is 9.53 Å². The molecule has 1 aliphatic heterocycles. The maximum absolute atomic E-state index is 13.1. The number of hydrogen-bond acceptors (Lipinski definition) is 4. The second kappa shape index (κ2) is 8.90. The van der Waals surface area contributed by atoms with Crippen LogP contribution in [0.1, 0.15) is 39.0 Å². The first-order valence-corrected chi connectivity index (χ1v) is 10.2. The van der Waals surface area contributed by atoms with Crippen molar-refractivity contribution in [3.63, 3.8) is 0 Å². The number of carbonyl (C=O) groups is 1. The van der Waals surface area contributed by atoms with Gasteiger partial charge < -0.3 is 19.5 Å². The molecule has 1 aliphatic carbocycles. The standard InChI is InChI=1S/C21H26F5NO4/c1-14(21(24,25)26)31-16-4-2-15(3-5-16)27-11-10-19(18(27)28)6-8-20(29,9-7-19)13-30-12-17(22)23/h2-5,14,17,29H,6-13H2,1H3/t14-,19-,20+/m1/s1. The molecule has 0 bridgehead atoms. The Morgan fingerprint density at radius 3 is 2.26 bits per heavy atom. The van der Waals surface area contributed by atoms with Crippen molar-refractivity contribution in [3.05, 3.63) is 24.3 Å². The molecule has 0 radical (unpaired) electrons. The van der Waals surface area contributed by atoms with E-state index in [2.05, 4.69) is 0 Å². The number of halogens is 5. The quantitative estimate of drug-likeness (QED) is 0.628. The Morgan fingerprint density at radius 2 is 1.71 bits per heavy atom. The summed E-state index contributed by atoms with van der Waals surface area (Å²) >= 11 is 0. The highest BCUT2D eigenvalue weighted by atomic mass is 19.4. The molecule has 1 saturated heterocycles. The number of rotatable bonds is 7. The summed E-state index contributed by atoms with van der Waals surface area (Å²) in [5, 5.41) is 10.6. The van der Waals surface area contributed by atoms with Gasteiger partial charge >= 0.3 is 6.18 Å². The summed E-state index contributed by atoms with van der Waals surface area (Å²) in [6.45, 7) is 0.452. The molecule has 1 N–H and O–H groups in total. The Morgan fingerprint density at radius 1 is 1.10 bits per heavy atom. The zero-order chi connectivity index (χ0) is 22.9. The molecule has 0 unspecified atom stereocenters. The third-order valence-corrected chi connectivity index (χ3v) is 6.19. The molecule has 1 spiro atoms. The normalized spacial score (nSPS) is 27.9. The van der Waals surface area contributed by atoms with Gasteiger partial charge in [0.25, 0.3) is 6.43 Å². The first-order valence-electron chi connectivity index (χ1n) is 10.2. The Kier molecular flexibility index (Phi) is 6.81. The van der Waals surface area contributed by atoms with Gasteiger partial charge in [0.1, 0.15) is 12.4 Å². The first-order chi connectivity index (χ1) is 14.4. The smallest absolute Gasteiger partial charge is 0.425 e. The highest BCUT2D eigenvalue weighted by molar-refractivity contribution is 6.00. The molecule has 1 atom stereocenters. The van der Waals surface area contributed by atoms with E-state index in [0.29, 0.717) is 31.5 Å². The zero-order valence-corrected chi connectivity index (χ0v) is 17.1. The molecule has 1 aromatic carbocycles. The van der Waals surface area contributed by atoms with E-state index < -0.39 is 36.3 Å². The van der Waals surface area contributed by atoms with Crippen LogP contribution in [0.2, 0.25) is 0 Å². The summed E-state index contributed by atoms with van der Waals surface area (Å²) in [6.07, 6.45) is -7.04. The largest absolute Gasteiger partial charge is 0.481 e. The number of hydrogen-bond donors (Lipinski definition) is 1. The zero-order valence-electron chi connectivity index (χ0n) is 17.1. The van der Waals surface area contributed by atoms with Crippen molar-refractivity contribution >= 4 is 11.6 Å². The van der Waals surface area contributed by atoms with E-state index in [1.807, 2.05) is 0 Å². The predicted octanol–water partition coefficient (Wildman–Crippen LogP) is 4.33. The third kappa shape index (κ3) is 5.46. The lowest BCUT2D eigenvalue weighted by Crippen LogP contribution is -2.46. The highest BCUT2D eigenvalue weighted by Crippen LogP contribution is 2.48. The molecule has 31 heavy (non-hydrogen) atoms. The lowest BCUT2D eigenvalue weighted by atomic mass is 9.68. The number of aliphatic hydroxyl groups is 1. The van der Waals surface area contributed by atoms with Crippen LogP contribution in [-0.4, -0.2) is 55.1 Å². The van der Waals surface area contributed by atoms with Crippen molar-refractivity contribution in [3.8, 4) is 5.75 Å². The molecular weight excluding hydrogens is 425 g/mol. The second-order valence-corrected chi connectivity index (χ2v) is 8.41. The van der Waals surface area contributed by atoms with E-state index >= 15 is 0 Å². The molecule has 10 heteroatoms. The lowest BCUT2D eigenvalue weighted by Gasteiger charge is -2.40. The highest BCUT2D eigenvalue weighted by Gasteiger charge is 2.51. The molecular formula is C21H26F5NO4. The van der Waals surface area contributed by atoms with Gasteiger partial charge in [-0.15, -0.1) is 0 Å². The summed E-state index contributed by atoms with van der Waals surface area (Å²) < 4.78 is 72.2.